The molecule has 0 saturated carbocycles. The van der Waals surface area contributed by atoms with E-state index in [9.17, 15) is 8.42 Å². The van der Waals surface area contributed by atoms with E-state index in [4.69, 9.17) is 5.73 Å². The minimum absolute atomic E-state index is 0.132. The Labute approximate surface area is 105 Å². The number of nitrogens with two attached hydrogens (primary N) is 1. The Bertz CT molecular complexity index is 653. The quantitative estimate of drug-likeness (QED) is 0.811. The molecule has 1 aromatic carbocycles. The van der Waals surface area contributed by atoms with E-state index in [1.807, 2.05) is 0 Å². The van der Waals surface area contributed by atoms with Crippen LogP contribution >= 0.6 is 0 Å². The SMILES string of the molecule is Cc1nccc(NS(=O)(=O)c2ccc(N)cc2)n1. The number of nitrogen functional groups attached to an aromatic ring is 1. The molecule has 0 fully saturated rings. The van der Waals surface area contributed by atoms with Crippen molar-refractivity contribution in [3.8, 4) is 0 Å². The number of hydrogen-bond donors (Lipinski definition) is 2. The molecule has 2 rings (SSSR count). The van der Waals surface area contributed by atoms with Gasteiger partial charge in [-0.25, -0.2) is 18.4 Å². The van der Waals surface area contributed by atoms with Crippen LogP contribution in [0.25, 0.3) is 0 Å². The van der Waals surface area contributed by atoms with Crippen LogP contribution in [0.15, 0.2) is 41.4 Å². The van der Waals surface area contributed by atoms with Crippen molar-refractivity contribution >= 4 is 21.5 Å². The second kappa shape index (κ2) is 4.61. The molecule has 1 heterocycles. The Balaban J connectivity index is 2.30. The van der Waals surface area contributed by atoms with Crippen LogP contribution in [-0.2, 0) is 10.0 Å². The van der Waals surface area contributed by atoms with Crippen molar-refractivity contribution in [3.05, 3.63) is 42.4 Å². The Hall–Kier alpha value is -2.15. The normalized spacial score (nSPS) is 11.2. The molecule has 0 aliphatic carbocycles. The highest BCUT2D eigenvalue weighted by Crippen LogP contribution is 2.15. The number of hydrogen-bond acceptors (Lipinski definition) is 5. The summed E-state index contributed by atoms with van der Waals surface area (Å²) in [6.07, 6.45) is 1.49. The molecule has 0 amide bonds. The van der Waals surface area contributed by atoms with E-state index in [-0.39, 0.29) is 10.7 Å². The van der Waals surface area contributed by atoms with Gasteiger partial charge in [0.1, 0.15) is 11.6 Å². The number of aromatic nitrogens is 2. The summed E-state index contributed by atoms with van der Waals surface area (Å²) in [6.45, 7) is 1.68. The van der Waals surface area contributed by atoms with E-state index in [2.05, 4.69) is 14.7 Å². The molecule has 6 nitrogen and oxygen atoms in total. The third-order valence-corrected chi connectivity index (χ3v) is 3.58. The number of nitrogens with zero attached hydrogens (tertiary/aromatic N) is 2. The van der Waals surface area contributed by atoms with E-state index >= 15 is 0 Å². The molecule has 0 saturated heterocycles. The zero-order valence-corrected chi connectivity index (χ0v) is 10.5. The fraction of sp³-hybridized carbons (Fsp3) is 0.0909. The van der Waals surface area contributed by atoms with Crippen molar-refractivity contribution in [1.82, 2.24) is 9.97 Å². The van der Waals surface area contributed by atoms with Gasteiger partial charge in [0.15, 0.2) is 0 Å². The zero-order valence-electron chi connectivity index (χ0n) is 9.66. The monoisotopic (exact) mass is 264 g/mol. The average Bonchev–Trinajstić information content (AvgIpc) is 2.29. The Kier molecular flexibility index (Phi) is 3.15. The average molecular weight is 264 g/mol. The van der Waals surface area contributed by atoms with Gasteiger partial charge in [0.2, 0.25) is 0 Å². The molecule has 18 heavy (non-hydrogen) atoms. The number of aryl methyl sites for hydroxylation is 1. The summed E-state index contributed by atoms with van der Waals surface area (Å²) in [5.41, 5.74) is 6.01. The molecule has 0 spiro atoms. The van der Waals surface area contributed by atoms with Crippen molar-refractivity contribution in [2.45, 2.75) is 11.8 Å². The molecule has 0 aliphatic heterocycles. The Morgan fingerprint density at radius 3 is 2.44 bits per heavy atom. The zero-order chi connectivity index (χ0) is 13.2. The highest BCUT2D eigenvalue weighted by Gasteiger charge is 2.14. The van der Waals surface area contributed by atoms with Crippen molar-refractivity contribution in [1.29, 1.82) is 0 Å². The highest BCUT2D eigenvalue weighted by atomic mass is 32.2. The predicted molar refractivity (Wildman–Crippen MR) is 68.4 cm³/mol. The lowest BCUT2D eigenvalue weighted by molar-refractivity contribution is 0.601. The fourth-order valence-electron chi connectivity index (χ4n) is 1.36. The van der Waals surface area contributed by atoms with E-state index in [0.29, 0.717) is 11.5 Å². The molecule has 7 heteroatoms. The van der Waals surface area contributed by atoms with Gasteiger partial charge in [0, 0.05) is 11.9 Å². The lowest BCUT2D eigenvalue weighted by Crippen LogP contribution is -2.14. The maximum absolute atomic E-state index is 12.0. The summed E-state index contributed by atoms with van der Waals surface area (Å²) in [5, 5.41) is 0. The number of rotatable bonds is 3. The summed E-state index contributed by atoms with van der Waals surface area (Å²) >= 11 is 0. The van der Waals surface area contributed by atoms with Gasteiger partial charge in [-0.3, -0.25) is 4.72 Å². The van der Waals surface area contributed by atoms with Crippen LogP contribution in [0.5, 0.6) is 0 Å². The van der Waals surface area contributed by atoms with E-state index in [0.717, 1.165) is 0 Å². The maximum atomic E-state index is 12.0. The summed E-state index contributed by atoms with van der Waals surface area (Å²) in [6, 6.07) is 7.42. The maximum Gasteiger partial charge on any atom is 0.263 e. The first-order valence-corrected chi connectivity index (χ1v) is 6.64. The van der Waals surface area contributed by atoms with Crippen LogP contribution in [0.1, 0.15) is 5.82 Å². The molecule has 0 radical (unpaired) electrons. The minimum Gasteiger partial charge on any atom is -0.399 e. The van der Waals surface area contributed by atoms with Gasteiger partial charge in [0.25, 0.3) is 10.0 Å². The molecular weight excluding hydrogens is 252 g/mol. The van der Waals surface area contributed by atoms with Gasteiger partial charge in [-0.1, -0.05) is 0 Å². The first-order chi connectivity index (χ1) is 8.47. The Morgan fingerprint density at radius 1 is 1.17 bits per heavy atom. The van der Waals surface area contributed by atoms with Crippen LogP contribution in [0.3, 0.4) is 0 Å². The lowest BCUT2D eigenvalue weighted by Gasteiger charge is -2.07. The first kappa shape index (κ1) is 12.3. The number of nitrogens with one attached hydrogen (secondary N) is 1. The topological polar surface area (TPSA) is 98.0 Å². The van der Waals surface area contributed by atoms with Gasteiger partial charge >= 0.3 is 0 Å². The van der Waals surface area contributed by atoms with Gasteiger partial charge in [-0.2, -0.15) is 0 Å². The van der Waals surface area contributed by atoms with Gasteiger partial charge < -0.3 is 5.73 Å². The molecule has 0 unspecified atom stereocenters. The largest absolute Gasteiger partial charge is 0.399 e. The second-order valence-corrected chi connectivity index (χ2v) is 5.35. The van der Waals surface area contributed by atoms with Crippen LogP contribution in [0, 0.1) is 6.92 Å². The van der Waals surface area contributed by atoms with Crippen LogP contribution in [0.2, 0.25) is 0 Å². The molecular formula is C11H12N4O2S. The highest BCUT2D eigenvalue weighted by molar-refractivity contribution is 7.92. The van der Waals surface area contributed by atoms with Crippen molar-refractivity contribution in [2.75, 3.05) is 10.5 Å². The molecule has 3 N–H and O–H groups in total. The van der Waals surface area contributed by atoms with Crippen LogP contribution < -0.4 is 10.5 Å². The second-order valence-electron chi connectivity index (χ2n) is 3.66. The summed E-state index contributed by atoms with van der Waals surface area (Å²) in [7, 11) is -3.64. The lowest BCUT2D eigenvalue weighted by atomic mass is 10.3. The Morgan fingerprint density at radius 2 is 1.83 bits per heavy atom. The molecule has 1 aromatic heterocycles. The number of anilines is 2. The fourth-order valence-corrected chi connectivity index (χ4v) is 2.36. The summed E-state index contributed by atoms with van der Waals surface area (Å²) in [5.74, 6) is 0.729. The third-order valence-electron chi connectivity index (χ3n) is 2.21. The molecule has 2 aromatic rings. The molecule has 94 valence electrons. The van der Waals surface area contributed by atoms with Crippen LogP contribution in [0.4, 0.5) is 11.5 Å². The summed E-state index contributed by atoms with van der Waals surface area (Å²) in [4.78, 5) is 8.00. The smallest absolute Gasteiger partial charge is 0.263 e. The van der Waals surface area contributed by atoms with Crippen molar-refractivity contribution in [2.24, 2.45) is 0 Å². The standard InChI is InChI=1S/C11H12N4O2S/c1-8-13-7-6-11(14-8)15-18(16,17)10-4-2-9(12)3-5-10/h2-7H,12H2,1H3,(H,13,14,15). The first-order valence-electron chi connectivity index (χ1n) is 5.15. The molecule has 0 aliphatic rings. The van der Waals surface area contributed by atoms with Gasteiger partial charge in [0.05, 0.1) is 4.90 Å². The van der Waals surface area contributed by atoms with E-state index < -0.39 is 10.0 Å². The predicted octanol–water partition coefficient (Wildman–Crippen LogP) is 1.17. The molecule has 0 bridgehead atoms. The van der Waals surface area contributed by atoms with Gasteiger partial charge in [-0.05, 0) is 37.3 Å². The third kappa shape index (κ3) is 2.75. The minimum atomic E-state index is -3.64. The van der Waals surface area contributed by atoms with Crippen LogP contribution in [-0.4, -0.2) is 18.4 Å². The number of sulfonamides is 1. The van der Waals surface area contributed by atoms with Gasteiger partial charge in [-0.15, -0.1) is 0 Å². The summed E-state index contributed by atoms with van der Waals surface area (Å²) < 4.78 is 26.4. The number of benzene rings is 1. The van der Waals surface area contributed by atoms with E-state index in [1.165, 1.54) is 36.5 Å². The van der Waals surface area contributed by atoms with E-state index in [1.54, 1.807) is 6.92 Å². The van der Waals surface area contributed by atoms with Crippen molar-refractivity contribution < 1.29 is 8.42 Å². The molecule has 0 atom stereocenters. The van der Waals surface area contributed by atoms with Crippen molar-refractivity contribution in [3.63, 3.8) is 0 Å².